The van der Waals surface area contributed by atoms with E-state index in [1.165, 1.54) is 26.4 Å². The highest BCUT2D eigenvalue weighted by molar-refractivity contribution is 6.32. The molecule has 18 heteroatoms. The van der Waals surface area contributed by atoms with Crippen molar-refractivity contribution in [2.24, 2.45) is 5.73 Å². The topological polar surface area (TPSA) is 195 Å². The van der Waals surface area contributed by atoms with E-state index in [1.54, 1.807) is 55.4 Å². The van der Waals surface area contributed by atoms with E-state index >= 15 is 0 Å². The number of carbonyl (C=O) groups excluding carboxylic acids is 4. The quantitative estimate of drug-likeness (QED) is 0.181. The summed E-state index contributed by atoms with van der Waals surface area (Å²) in [6.45, 7) is 13.7. The molecule has 2 aromatic heterocycles. The Labute approximate surface area is 277 Å². The summed E-state index contributed by atoms with van der Waals surface area (Å²) in [6.07, 6.45) is 0. The van der Waals surface area contributed by atoms with Crippen LogP contribution in [0.1, 0.15) is 76.4 Å². The molecule has 3 N–H and O–H groups in total. The van der Waals surface area contributed by atoms with Gasteiger partial charge in [0.15, 0.2) is 11.4 Å². The number of methoxy groups -OCH3 is 2. The molecule has 0 aliphatic carbocycles. The van der Waals surface area contributed by atoms with Crippen LogP contribution in [0.5, 0.6) is 0 Å². The third-order valence-electron chi connectivity index (χ3n) is 4.07. The minimum Gasteiger partial charge on any atom is -0.468 e. The molecule has 44 heavy (non-hydrogen) atoms. The number of halogens is 4. The van der Waals surface area contributed by atoms with Crippen molar-refractivity contribution in [2.75, 3.05) is 19.5 Å². The standard InChI is InChI=1S/C13H18ClN3O4.C9H10Cl2N2O2.C4H9NO2.ClH/c1-7(10(18)20-5)15-9-6-8(16-12(14)17-9)11(19)21-13(2,3)4;1-9(2,3)15-7(14)5-4-6(10)13-8(11)12-5;1-3(5)4(6)7-2;/h6-7H,1-5H3,(H,15,16,17);4H,1-3H3;3H,5H2,1-2H3;1H/t7-;;3-;/m0.0./s1. The monoisotopic (exact) mass is 702 g/mol. The van der Waals surface area contributed by atoms with Gasteiger partial charge < -0.3 is 30.0 Å². The number of nitrogens with two attached hydrogens (primary N) is 1. The van der Waals surface area contributed by atoms with Gasteiger partial charge in [-0.3, -0.25) is 4.79 Å². The van der Waals surface area contributed by atoms with E-state index < -0.39 is 41.2 Å². The Morgan fingerprint density at radius 2 is 1.16 bits per heavy atom. The Balaban J connectivity index is 0. The number of nitrogens with one attached hydrogen (secondary N) is 1. The van der Waals surface area contributed by atoms with Crippen LogP contribution in [0.15, 0.2) is 12.1 Å². The molecule has 0 aromatic carbocycles. The van der Waals surface area contributed by atoms with Crippen LogP contribution in [0.2, 0.25) is 15.7 Å². The summed E-state index contributed by atoms with van der Waals surface area (Å²) in [6, 6.07) is 1.53. The van der Waals surface area contributed by atoms with Crippen molar-refractivity contribution < 1.29 is 38.1 Å². The molecule has 0 saturated heterocycles. The van der Waals surface area contributed by atoms with Crippen molar-refractivity contribution in [2.45, 2.75) is 78.7 Å². The fourth-order valence-corrected chi connectivity index (χ4v) is 2.99. The van der Waals surface area contributed by atoms with Gasteiger partial charge in [0.25, 0.3) is 0 Å². The van der Waals surface area contributed by atoms with Gasteiger partial charge in [0.1, 0.15) is 34.3 Å². The third-order valence-corrected chi connectivity index (χ3v) is 4.61. The van der Waals surface area contributed by atoms with Gasteiger partial charge in [-0.25, -0.2) is 34.3 Å². The highest BCUT2D eigenvalue weighted by atomic mass is 35.5. The number of hydrogen-bond acceptors (Lipinski definition) is 14. The molecule has 14 nitrogen and oxygen atoms in total. The second-order valence-electron chi connectivity index (χ2n) is 10.5. The molecule has 248 valence electrons. The molecule has 0 saturated carbocycles. The molecule has 2 atom stereocenters. The van der Waals surface area contributed by atoms with Crippen molar-refractivity contribution in [1.29, 1.82) is 0 Å². The van der Waals surface area contributed by atoms with E-state index in [1.807, 2.05) is 0 Å². The number of esters is 4. The fourth-order valence-electron chi connectivity index (χ4n) is 2.39. The van der Waals surface area contributed by atoms with Gasteiger partial charge in [-0.1, -0.05) is 11.6 Å². The van der Waals surface area contributed by atoms with Gasteiger partial charge in [0.05, 0.1) is 14.2 Å². The highest BCUT2D eigenvalue weighted by Crippen LogP contribution is 2.17. The maximum atomic E-state index is 12.0. The maximum absolute atomic E-state index is 12.0. The normalized spacial score (nSPS) is 11.9. The molecule has 0 spiro atoms. The maximum Gasteiger partial charge on any atom is 0.357 e. The largest absolute Gasteiger partial charge is 0.468 e. The Kier molecular flexibility index (Phi) is 19.0. The fraction of sp³-hybridized carbons (Fsp3) is 0.538. The number of aromatic nitrogens is 4. The zero-order valence-corrected chi connectivity index (χ0v) is 29.1. The first-order valence-corrected chi connectivity index (χ1v) is 13.6. The average molecular weight is 704 g/mol. The Hall–Kier alpha value is -3.04. The lowest BCUT2D eigenvalue weighted by atomic mass is 10.2. The lowest BCUT2D eigenvalue weighted by Crippen LogP contribution is -2.28. The number of carbonyl (C=O) groups is 4. The van der Waals surface area contributed by atoms with Crippen LogP contribution in [-0.4, -0.2) is 81.3 Å². The predicted molar refractivity (Wildman–Crippen MR) is 167 cm³/mol. The summed E-state index contributed by atoms with van der Waals surface area (Å²) in [5.41, 5.74) is 3.89. The van der Waals surface area contributed by atoms with Crippen molar-refractivity contribution in [3.05, 3.63) is 39.2 Å². The van der Waals surface area contributed by atoms with Gasteiger partial charge in [-0.2, -0.15) is 0 Å². The molecular formula is C26H38Cl4N6O8. The molecule has 0 aliphatic rings. The predicted octanol–water partition coefficient (Wildman–Crippen LogP) is 4.73. The third kappa shape index (κ3) is 18.6. The van der Waals surface area contributed by atoms with Crippen LogP contribution in [0.4, 0.5) is 5.82 Å². The van der Waals surface area contributed by atoms with E-state index in [0.29, 0.717) is 0 Å². The molecular weight excluding hydrogens is 666 g/mol. The number of ether oxygens (including phenoxy) is 4. The molecule has 2 rings (SSSR count). The van der Waals surface area contributed by atoms with Crippen LogP contribution >= 0.6 is 47.2 Å². The minimum atomic E-state index is -0.651. The Bertz CT molecular complexity index is 1250. The summed E-state index contributed by atoms with van der Waals surface area (Å²) < 4.78 is 19.1. The van der Waals surface area contributed by atoms with E-state index in [0.717, 1.165) is 0 Å². The molecule has 0 bridgehead atoms. The average Bonchev–Trinajstić information content (AvgIpc) is 2.85. The smallest absolute Gasteiger partial charge is 0.357 e. The summed E-state index contributed by atoms with van der Waals surface area (Å²) in [5.74, 6) is -1.81. The molecule has 0 amide bonds. The zero-order valence-electron chi connectivity index (χ0n) is 26.0. The van der Waals surface area contributed by atoms with Crippen LogP contribution in [0.25, 0.3) is 0 Å². The summed E-state index contributed by atoms with van der Waals surface area (Å²) >= 11 is 16.9. The first-order valence-electron chi connectivity index (χ1n) is 12.5. The lowest BCUT2D eigenvalue weighted by molar-refractivity contribution is -0.142. The van der Waals surface area contributed by atoms with Crippen LogP contribution in [-0.2, 0) is 28.5 Å². The van der Waals surface area contributed by atoms with Crippen molar-refractivity contribution >= 4 is 76.9 Å². The SMILES string of the molecule is CC(C)(C)OC(=O)c1cc(Cl)nc(Cl)n1.COC(=O)[C@H](C)N.COC(=O)[C@H](C)Nc1cc(C(=O)OC(C)(C)C)nc(Cl)n1.Cl. The molecule has 0 fully saturated rings. The molecule has 0 aliphatic heterocycles. The number of rotatable bonds is 6. The Morgan fingerprint density at radius 3 is 1.50 bits per heavy atom. The summed E-state index contributed by atoms with van der Waals surface area (Å²) in [7, 11) is 2.59. The summed E-state index contributed by atoms with van der Waals surface area (Å²) in [5, 5.41) is 2.67. The van der Waals surface area contributed by atoms with Gasteiger partial charge >= 0.3 is 23.9 Å². The van der Waals surface area contributed by atoms with E-state index in [4.69, 9.17) is 50.0 Å². The first kappa shape index (κ1) is 43.1. The first-order chi connectivity index (χ1) is 19.6. The second-order valence-corrected chi connectivity index (χ2v) is 11.5. The zero-order chi connectivity index (χ0) is 33.7. The van der Waals surface area contributed by atoms with Gasteiger partial charge in [-0.05, 0) is 78.6 Å². The van der Waals surface area contributed by atoms with Crippen LogP contribution in [0, 0.1) is 0 Å². The van der Waals surface area contributed by atoms with E-state index in [-0.39, 0.29) is 51.3 Å². The molecule has 2 heterocycles. The minimum absolute atomic E-state index is 0. The Morgan fingerprint density at radius 1 is 0.750 bits per heavy atom. The lowest BCUT2D eigenvalue weighted by Gasteiger charge is -2.19. The number of anilines is 1. The van der Waals surface area contributed by atoms with Crippen molar-refractivity contribution in [1.82, 2.24) is 19.9 Å². The van der Waals surface area contributed by atoms with Crippen LogP contribution < -0.4 is 11.1 Å². The van der Waals surface area contributed by atoms with Crippen LogP contribution in [0.3, 0.4) is 0 Å². The van der Waals surface area contributed by atoms with E-state index in [9.17, 15) is 19.2 Å². The van der Waals surface area contributed by atoms with Gasteiger partial charge in [0, 0.05) is 12.1 Å². The van der Waals surface area contributed by atoms with Gasteiger partial charge in [-0.15, -0.1) is 12.4 Å². The van der Waals surface area contributed by atoms with Crippen molar-refractivity contribution in [3.8, 4) is 0 Å². The van der Waals surface area contributed by atoms with Gasteiger partial charge in [0.2, 0.25) is 10.6 Å². The number of nitrogens with zero attached hydrogens (tertiary/aromatic N) is 4. The summed E-state index contributed by atoms with van der Waals surface area (Å²) in [4.78, 5) is 60.1. The van der Waals surface area contributed by atoms with E-state index in [2.05, 4.69) is 34.7 Å². The van der Waals surface area contributed by atoms with Crippen molar-refractivity contribution in [3.63, 3.8) is 0 Å². The molecule has 0 radical (unpaired) electrons. The number of hydrogen-bond donors (Lipinski definition) is 2. The highest BCUT2D eigenvalue weighted by Gasteiger charge is 2.22. The molecule has 2 aromatic rings. The molecule has 0 unspecified atom stereocenters. The second kappa shape index (κ2) is 19.4.